The minimum Gasteiger partial charge on any atom is -0.351 e. The first-order valence-corrected chi connectivity index (χ1v) is 5.75. The molecule has 98 valence electrons. The molecule has 0 saturated carbocycles. The van der Waals surface area contributed by atoms with Crippen molar-refractivity contribution in [2.24, 2.45) is 0 Å². The maximum Gasteiger partial charge on any atom is 0.269 e. The van der Waals surface area contributed by atoms with Gasteiger partial charge >= 0.3 is 0 Å². The first kappa shape index (κ1) is 14.1. The van der Waals surface area contributed by atoms with Crippen LogP contribution in [0.3, 0.4) is 0 Å². The van der Waals surface area contributed by atoms with E-state index in [0.29, 0.717) is 12.1 Å². The predicted octanol–water partition coefficient (Wildman–Crippen LogP) is 1.28. The molecule has 0 saturated heterocycles. The molecule has 0 aliphatic rings. The van der Waals surface area contributed by atoms with Gasteiger partial charge in [0.25, 0.3) is 11.6 Å². The molecule has 1 amide bonds. The van der Waals surface area contributed by atoms with Gasteiger partial charge in [-0.3, -0.25) is 14.9 Å². The molecule has 1 aromatic carbocycles. The van der Waals surface area contributed by atoms with Crippen molar-refractivity contribution in [3.8, 4) is 0 Å². The van der Waals surface area contributed by atoms with Crippen molar-refractivity contribution in [1.82, 2.24) is 10.2 Å². The summed E-state index contributed by atoms with van der Waals surface area (Å²) in [7, 11) is 1.97. The van der Waals surface area contributed by atoms with Gasteiger partial charge in [-0.05, 0) is 25.7 Å². The Hall–Kier alpha value is -1.95. The predicted molar refractivity (Wildman–Crippen MR) is 68.6 cm³/mol. The van der Waals surface area contributed by atoms with E-state index < -0.39 is 4.92 Å². The van der Waals surface area contributed by atoms with Crippen molar-refractivity contribution >= 4 is 11.6 Å². The first-order valence-electron chi connectivity index (χ1n) is 5.75. The van der Waals surface area contributed by atoms with Crippen LogP contribution >= 0.6 is 0 Å². The van der Waals surface area contributed by atoms with Crippen LogP contribution in [0.25, 0.3) is 0 Å². The highest BCUT2D eigenvalue weighted by atomic mass is 16.6. The zero-order chi connectivity index (χ0) is 13.5. The fourth-order valence-corrected chi connectivity index (χ4v) is 1.35. The zero-order valence-electron chi connectivity index (χ0n) is 10.5. The molecule has 6 nitrogen and oxygen atoms in total. The summed E-state index contributed by atoms with van der Waals surface area (Å²) >= 11 is 0. The van der Waals surface area contributed by atoms with Crippen molar-refractivity contribution in [2.75, 3.05) is 26.7 Å². The van der Waals surface area contributed by atoms with Gasteiger partial charge in [0.2, 0.25) is 0 Å². The van der Waals surface area contributed by atoms with Crippen LogP contribution in [0, 0.1) is 10.1 Å². The maximum atomic E-state index is 11.7. The Labute approximate surface area is 106 Å². The number of nitrogens with one attached hydrogen (secondary N) is 1. The van der Waals surface area contributed by atoms with E-state index in [1.54, 1.807) is 0 Å². The van der Waals surface area contributed by atoms with E-state index in [-0.39, 0.29) is 11.6 Å². The summed E-state index contributed by atoms with van der Waals surface area (Å²) in [6.45, 7) is 4.29. The van der Waals surface area contributed by atoms with Crippen molar-refractivity contribution in [2.45, 2.75) is 6.92 Å². The second kappa shape index (κ2) is 6.70. The number of rotatable bonds is 6. The molecule has 0 spiro atoms. The Morgan fingerprint density at radius 1 is 1.39 bits per heavy atom. The number of amides is 1. The molecule has 0 heterocycles. The number of nitro benzene ring substituents is 1. The highest BCUT2D eigenvalue weighted by Gasteiger charge is 2.08. The number of benzene rings is 1. The van der Waals surface area contributed by atoms with Crippen LogP contribution < -0.4 is 5.32 Å². The van der Waals surface area contributed by atoms with Gasteiger partial charge in [0.15, 0.2) is 0 Å². The average molecular weight is 251 g/mol. The molecule has 6 heteroatoms. The third-order valence-corrected chi connectivity index (χ3v) is 2.66. The van der Waals surface area contributed by atoms with Crippen LogP contribution in [0.5, 0.6) is 0 Å². The summed E-state index contributed by atoms with van der Waals surface area (Å²) in [4.78, 5) is 23.7. The summed E-state index contributed by atoms with van der Waals surface area (Å²) in [6.07, 6.45) is 0. The quantitative estimate of drug-likeness (QED) is 0.610. The Bertz CT molecular complexity index is 417. The fraction of sp³-hybridized carbons (Fsp3) is 0.417. The number of nitrogens with zero attached hydrogens (tertiary/aromatic N) is 2. The summed E-state index contributed by atoms with van der Waals surface area (Å²) in [5.41, 5.74) is 0.414. The monoisotopic (exact) mass is 251 g/mol. The normalized spacial score (nSPS) is 10.4. The summed E-state index contributed by atoms with van der Waals surface area (Å²) in [5, 5.41) is 13.2. The van der Waals surface area contributed by atoms with Crippen LogP contribution in [-0.2, 0) is 0 Å². The minimum atomic E-state index is -0.488. The fourth-order valence-electron chi connectivity index (χ4n) is 1.35. The van der Waals surface area contributed by atoms with Crippen molar-refractivity contribution in [3.05, 3.63) is 39.9 Å². The molecule has 1 aromatic rings. The Balaban J connectivity index is 2.49. The third-order valence-electron chi connectivity index (χ3n) is 2.66. The SMILES string of the molecule is CCN(C)CCNC(=O)c1ccc([N+](=O)[O-])cc1. The van der Waals surface area contributed by atoms with Crippen molar-refractivity contribution < 1.29 is 9.72 Å². The second-order valence-electron chi connectivity index (χ2n) is 3.96. The van der Waals surface area contributed by atoms with E-state index in [1.807, 2.05) is 14.0 Å². The van der Waals surface area contributed by atoms with E-state index in [2.05, 4.69) is 10.2 Å². The maximum absolute atomic E-state index is 11.7. The number of non-ortho nitro benzene ring substituents is 1. The van der Waals surface area contributed by atoms with Crippen LogP contribution in [-0.4, -0.2) is 42.4 Å². The standard InChI is InChI=1S/C12H17N3O3/c1-3-14(2)9-8-13-12(16)10-4-6-11(7-5-10)15(17)18/h4-7H,3,8-9H2,1-2H3,(H,13,16). The van der Waals surface area contributed by atoms with Crippen LogP contribution in [0.15, 0.2) is 24.3 Å². The molecule has 1 rings (SSSR count). The number of likely N-dealkylation sites (N-methyl/N-ethyl adjacent to an activating group) is 1. The van der Waals surface area contributed by atoms with E-state index in [1.165, 1.54) is 24.3 Å². The zero-order valence-corrected chi connectivity index (χ0v) is 10.5. The molecule has 0 aliphatic heterocycles. The number of nitro groups is 1. The van der Waals surface area contributed by atoms with Crippen molar-refractivity contribution in [1.29, 1.82) is 0 Å². The highest BCUT2D eigenvalue weighted by molar-refractivity contribution is 5.94. The number of hydrogen-bond acceptors (Lipinski definition) is 4. The lowest BCUT2D eigenvalue weighted by Gasteiger charge is -2.13. The van der Waals surface area contributed by atoms with Gasteiger partial charge < -0.3 is 10.2 Å². The molecular formula is C12H17N3O3. The van der Waals surface area contributed by atoms with Crippen molar-refractivity contribution in [3.63, 3.8) is 0 Å². The summed E-state index contributed by atoms with van der Waals surface area (Å²) in [5.74, 6) is -0.214. The molecule has 0 unspecified atom stereocenters. The average Bonchev–Trinajstić information content (AvgIpc) is 2.38. The number of carbonyl (C=O) groups is 1. The summed E-state index contributed by atoms with van der Waals surface area (Å²) in [6, 6.07) is 5.56. The minimum absolute atomic E-state index is 0.0164. The van der Waals surface area contributed by atoms with E-state index in [0.717, 1.165) is 13.1 Å². The molecule has 0 atom stereocenters. The van der Waals surface area contributed by atoms with Crippen LogP contribution in [0.2, 0.25) is 0 Å². The summed E-state index contributed by atoms with van der Waals surface area (Å²) < 4.78 is 0. The Morgan fingerprint density at radius 2 is 2.00 bits per heavy atom. The lowest BCUT2D eigenvalue weighted by molar-refractivity contribution is -0.384. The van der Waals surface area contributed by atoms with Crippen LogP contribution in [0.4, 0.5) is 5.69 Å². The van der Waals surface area contributed by atoms with E-state index >= 15 is 0 Å². The van der Waals surface area contributed by atoms with Gasteiger partial charge in [-0.15, -0.1) is 0 Å². The molecule has 0 fully saturated rings. The first-order chi connectivity index (χ1) is 8.54. The van der Waals surface area contributed by atoms with Gasteiger partial charge in [-0.25, -0.2) is 0 Å². The third kappa shape index (κ3) is 4.14. The largest absolute Gasteiger partial charge is 0.351 e. The van der Waals surface area contributed by atoms with Gasteiger partial charge in [0.1, 0.15) is 0 Å². The number of carbonyl (C=O) groups excluding carboxylic acids is 1. The van der Waals surface area contributed by atoms with E-state index in [4.69, 9.17) is 0 Å². The Kier molecular flexibility index (Phi) is 5.26. The lowest BCUT2D eigenvalue weighted by atomic mass is 10.2. The van der Waals surface area contributed by atoms with Crippen LogP contribution in [0.1, 0.15) is 17.3 Å². The number of hydrogen-bond donors (Lipinski definition) is 1. The molecule has 0 aromatic heterocycles. The lowest BCUT2D eigenvalue weighted by Crippen LogP contribution is -2.32. The van der Waals surface area contributed by atoms with Gasteiger partial charge in [0.05, 0.1) is 4.92 Å². The topological polar surface area (TPSA) is 75.5 Å². The molecular weight excluding hydrogens is 234 g/mol. The van der Waals surface area contributed by atoms with Gasteiger partial charge in [-0.1, -0.05) is 6.92 Å². The smallest absolute Gasteiger partial charge is 0.269 e. The molecule has 18 heavy (non-hydrogen) atoms. The molecule has 1 N–H and O–H groups in total. The molecule has 0 radical (unpaired) electrons. The van der Waals surface area contributed by atoms with Gasteiger partial charge in [0, 0.05) is 30.8 Å². The van der Waals surface area contributed by atoms with E-state index in [9.17, 15) is 14.9 Å². The molecule has 0 aliphatic carbocycles. The highest BCUT2D eigenvalue weighted by Crippen LogP contribution is 2.11. The second-order valence-corrected chi connectivity index (χ2v) is 3.96. The van der Waals surface area contributed by atoms with Gasteiger partial charge in [-0.2, -0.15) is 0 Å². The Morgan fingerprint density at radius 3 is 2.50 bits per heavy atom. The molecule has 0 bridgehead atoms.